The second-order valence-electron chi connectivity index (χ2n) is 10.3. The maximum absolute atomic E-state index is 2.36. The molecule has 0 bridgehead atoms. The van der Waals surface area contributed by atoms with Gasteiger partial charge >= 0.3 is 0 Å². The Hall–Kier alpha value is -5.28. The maximum Gasteiger partial charge on any atom is 0.0542 e. The SMILES string of the molecule is CC.CC.CC.CC.CN(c1ccc2c(c1)c1ccccc1n2-c1ccccc1)c1ccc2c(c1)c1ccccc1n2-c1ccccc1. The topological polar surface area (TPSA) is 13.1 Å². The number of rotatable bonds is 4. The number of anilines is 2. The van der Waals surface area contributed by atoms with Gasteiger partial charge in [0.2, 0.25) is 0 Å². The summed E-state index contributed by atoms with van der Waals surface area (Å²) in [5, 5.41) is 5.03. The summed E-state index contributed by atoms with van der Waals surface area (Å²) in [5.74, 6) is 0. The number of nitrogens with zero attached hydrogens (tertiary/aromatic N) is 3. The average Bonchev–Trinajstić information content (AvgIpc) is 3.70. The van der Waals surface area contributed by atoms with Crippen LogP contribution in [0.5, 0.6) is 0 Å². The molecule has 246 valence electrons. The third-order valence-electron chi connectivity index (χ3n) is 8.12. The monoisotopic (exact) mass is 633 g/mol. The highest BCUT2D eigenvalue weighted by molar-refractivity contribution is 6.12. The highest BCUT2D eigenvalue weighted by Crippen LogP contribution is 2.38. The zero-order valence-corrected chi connectivity index (χ0v) is 30.2. The molecular formula is C45H51N3. The first-order valence-electron chi connectivity index (χ1n) is 17.7. The van der Waals surface area contributed by atoms with Crippen LogP contribution in [0.4, 0.5) is 11.4 Å². The Morgan fingerprint density at radius 2 is 0.646 bits per heavy atom. The van der Waals surface area contributed by atoms with Gasteiger partial charge in [-0.25, -0.2) is 0 Å². The fraction of sp³-hybridized carbons (Fsp3) is 0.200. The zero-order chi connectivity index (χ0) is 34.6. The van der Waals surface area contributed by atoms with Gasteiger partial charge in [-0.3, -0.25) is 0 Å². The number of fused-ring (bicyclic) bond motifs is 6. The standard InChI is InChI=1S/C37H27N3.4C2H6/c1-38(28-20-22-36-32(24-28)30-16-8-10-18-34(30)39(36)26-12-4-2-5-13-26)29-21-23-37-33(25-29)31-17-9-11-19-35(31)40(37)27-14-6-3-7-15-27;4*1-2/h2-25H,1H3;4*1-2H3. The van der Waals surface area contributed by atoms with Crippen LogP contribution in [-0.2, 0) is 0 Å². The van der Waals surface area contributed by atoms with Crippen molar-refractivity contribution >= 4 is 55.0 Å². The molecule has 3 nitrogen and oxygen atoms in total. The molecule has 0 amide bonds. The van der Waals surface area contributed by atoms with Crippen LogP contribution >= 0.6 is 0 Å². The van der Waals surface area contributed by atoms with Gasteiger partial charge in [0.15, 0.2) is 0 Å². The van der Waals surface area contributed by atoms with E-state index in [0.29, 0.717) is 0 Å². The van der Waals surface area contributed by atoms with Crippen molar-refractivity contribution in [2.75, 3.05) is 11.9 Å². The summed E-state index contributed by atoms with van der Waals surface area (Å²) in [7, 11) is 2.16. The van der Waals surface area contributed by atoms with Gasteiger partial charge < -0.3 is 14.0 Å². The maximum atomic E-state index is 2.36. The Bertz CT molecular complexity index is 2010. The summed E-state index contributed by atoms with van der Waals surface area (Å²) in [6.07, 6.45) is 0. The third-order valence-corrected chi connectivity index (χ3v) is 8.12. The van der Waals surface area contributed by atoms with E-state index >= 15 is 0 Å². The normalized spacial score (nSPS) is 10.2. The minimum atomic E-state index is 1.16. The molecule has 48 heavy (non-hydrogen) atoms. The van der Waals surface area contributed by atoms with Crippen LogP contribution in [0.2, 0.25) is 0 Å². The van der Waals surface area contributed by atoms with E-state index in [1.54, 1.807) is 0 Å². The van der Waals surface area contributed by atoms with Crippen LogP contribution in [-0.4, -0.2) is 16.2 Å². The summed E-state index contributed by atoms with van der Waals surface area (Å²) in [4.78, 5) is 2.29. The number of hydrogen-bond acceptors (Lipinski definition) is 1. The largest absolute Gasteiger partial charge is 0.345 e. The quantitative estimate of drug-likeness (QED) is 0.188. The van der Waals surface area contributed by atoms with Gasteiger partial charge in [-0.05, 0) is 72.8 Å². The molecular weight excluding hydrogens is 583 g/mol. The van der Waals surface area contributed by atoms with Gasteiger partial charge in [0, 0.05) is 51.3 Å². The molecule has 0 fully saturated rings. The van der Waals surface area contributed by atoms with Gasteiger partial charge in [-0.15, -0.1) is 0 Å². The average molecular weight is 634 g/mol. The molecule has 0 N–H and O–H groups in total. The van der Waals surface area contributed by atoms with E-state index in [-0.39, 0.29) is 0 Å². The number of benzene rings is 6. The van der Waals surface area contributed by atoms with Crippen LogP contribution in [0.3, 0.4) is 0 Å². The highest BCUT2D eigenvalue weighted by Gasteiger charge is 2.16. The van der Waals surface area contributed by atoms with E-state index in [0.717, 1.165) is 11.4 Å². The lowest BCUT2D eigenvalue weighted by molar-refractivity contribution is 1.17. The van der Waals surface area contributed by atoms with Crippen molar-refractivity contribution in [1.82, 2.24) is 9.13 Å². The fourth-order valence-electron chi connectivity index (χ4n) is 6.20. The lowest BCUT2D eigenvalue weighted by Gasteiger charge is -2.20. The molecule has 0 radical (unpaired) electrons. The minimum absolute atomic E-state index is 1.16. The van der Waals surface area contributed by atoms with Crippen LogP contribution in [0.15, 0.2) is 146 Å². The first-order chi connectivity index (χ1) is 23.8. The summed E-state index contributed by atoms with van der Waals surface area (Å²) < 4.78 is 4.72. The molecule has 0 aliphatic carbocycles. The number of hydrogen-bond donors (Lipinski definition) is 0. The van der Waals surface area contributed by atoms with Crippen molar-refractivity contribution in [3.05, 3.63) is 146 Å². The second kappa shape index (κ2) is 17.0. The lowest BCUT2D eigenvalue weighted by atomic mass is 10.1. The molecule has 0 saturated carbocycles. The minimum Gasteiger partial charge on any atom is -0.345 e. The first kappa shape index (κ1) is 35.6. The van der Waals surface area contributed by atoms with Crippen molar-refractivity contribution in [3.8, 4) is 11.4 Å². The fourth-order valence-corrected chi connectivity index (χ4v) is 6.20. The summed E-state index contributed by atoms with van der Waals surface area (Å²) in [6.45, 7) is 16.0. The van der Waals surface area contributed by atoms with Crippen LogP contribution in [0.1, 0.15) is 55.4 Å². The van der Waals surface area contributed by atoms with Gasteiger partial charge in [0.05, 0.1) is 22.1 Å². The van der Waals surface area contributed by atoms with E-state index in [4.69, 9.17) is 0 Å². The Morgan fingerprint density at radius 3 is 1.02 bits per heavy atom. The van der Waals surface area contributed by atoms with E-state index in [1.807, 2.05) is 55.4 Å². The predicted molar refractivity (Wildman–Crippen MR) is 215 cm³/mol. The molecule has 0 aliphatic rings. The number of aromatic nitrogens is 2. The van der Waals surface area contributed by atoms with Crippen molar-refractivity contribution in [2.45, 2.75) is 55.4 Å². The summed E-state index contributed by atoms with van der Waals surface area (Å²) >= 11 is 0. The van der Waals surface area contributed by atoms with Crippen molar-refractivity contribution in [3.63, 3.8) is 0 Å². The Morgan fingerprint density at radius 1 is 0.333 bits per heavy atom. The van der Waals surface area contributed by atoms with Crippen molar-refractivity contribution in [1.29, 1.82) is 0 Å². The molecule has 0 atom stereocenters. The van der Waals surface area contributed by atoms with Gasteiger partial charge in [0.1, 0.15) is 0 Å². The van der Waals surface area contributed by atoms with Crippen LogP contribution in [0, 0.1) is 0 Å². The molecule has 0 unspecified atom stereocenters. The predicted octanol–water partition coefficient (Wildman–Crippen LogP) is 13.8. The molecule has 0 saturated heterocycles. The van der Waals surface area contributed by atoms with Crippen LogP contribution < -0.4 is 4.90 Å². The van der Waals surface area contributed by atoms with E-state index in [2.05, 4.69) is 167 Å². The Kier molecular flexibility index (Phi) is 12.6. The van der Waals surface area contributed by atoms with Crippen molar-refractivity contribution in [2.24, 2.45) is 0 Å². The molecule has 2 heterocycles. The second-order valence-corrected chi connectivity index (χ2v) is 10.3. The molecule has 8 aromatic rings. The summed E-state index contributed by atoms with van der Waals surface area (Å²) in [5.41, 5.74) is 9.54. The van der Waals surface area contributed by atoms with Crippen LogP contribution in [0.25, 0.3) is 55.0 Å². The van der Waals surface area contributed by atoms with Gasteiger partial charge in [0.25, 0.3) is 0 Å². The van der Waals surface area contributed by atoms with Gasteiger partial charge in [-0.2, -0.15) is 0 Å². The van der Waals surface area contributed by atoms with E-state index in [9.17, 15) is 0 Å². The van der Waals surface area contributed by atoms with Gasteiger partial charge in [-0.1, -0.05) is 128 Å². The molecule has 0 spiro atoms. The molecule has 2 aromatic heterocycles. The van der Waals surface area contributed by atoms with E-state index in [1.165, 1.54) is 55.0 Å². The van der Waals surface area contributed by atoms with Crippen molar-refractivity contribution < 1.29 is 0 Å². The van der Waals surface area contributed by atoms with E-state index < -0.39 is 0 Å². The smallest absolute Gasteiger partial charge is 0.0542 e. The molecule has 6 aromatic carbocycles. The molecule has 0 aliphatic heterocycles. The Labute approximate surface area is 287 Å². The third kappa shape index (κ3) is 6.59. The first-order valence-corrected chi connectivity index (χ1v) is 17.7. The lowest BCUT2D eigenvalue weighted by Crippen LogP contribution is -2.09. The summed E-state index contributed by atoms with van der Waals surface area (Å²) in [6, 6.07) is 52.2. The highest BCUT2D eigenvalue weighted by atomic mass is 15.1. The Balaban J connectivity index is 0.000000608. The molecule has 8 rings (SSSR count). The number of para-hydroxylation sites is 4. The zero-order valence-electron chi connectivity index (χ0n) is 30.2. The molecule has 3 heteroatoms.